The van der Waals surface area contributed by atoms with Crippen LogP contribution in [0, 0.1) is 5.92 Å². The van der Waals surface area contributed by atoms with E-state index in [4.69, 9.17) is 0 Å². The minimum absolute atomic E-state index is 0.170. The summed E-state index contributed by atoms with van der Waals surface area (Å²) in [5.41, 5.74) is 0. The first-order valence-corrected chi connectivity index (χ1v) is 10.8. The van der Waals surface area contributed by atoms with E-state index in [9.17, 15) is 9.59 Å². The van der Waals surface area contributed by atoms with Gasteiger partial charge in [0, 0.05) is 18.0 Å². The molecule has 26 heavy (non-hydrogen) atoms. The van der Waals surface area contributed by atoms with Gasteiger partial charge in [-0.1, -0.05) is 31.5 Å². The van der Waals surface area contributed by atoms with Crippen LogP contribution in [0.4, 0.5) is 4.79 Å². The Balaban J connectivity index is 1.27. The van der Waals surface area contributed by atoms with Gasteiger partial charge in [-0.2, -0.15) is 0 Å². The van der Waals surface area contributed by atoms with E-state index in [0.29, 0.717) is 17.9 Å². The van der Waals surface area contributed by atoms with Crippen molar-refractivity contribution in [2.24, 2.45) is 5.92 Å². The molecule has 3 aliphatic rings. The maximum absolute atomic E-state index is 12.1. The van der Waals surface area contributed by atoms with Gasteiger partial charge in [-0.25, -0.2) is 4.79 Å². The Bertz CT molecular complexity index is 683. The molecule has 3 saturated carbocycles. The molecule has 2 atom stereocenters. The third-order valence-electron chi connectivity index (χ3n) is 5.56. The zero-order chi connectivity index (χ0) is 18.1. The second-order valence-corrected chi connectivity index (χ2v) is 8.84. The van der Waals surface area contributed by atoms with Crippen molar-refractivity contribution in [1.29, 1.82) is 0 Å². The molecule has 3 aliphatic carbocycles. The van der Waals surface area contributed by atoms with Crippen LogP contribution in [-0.4, -0.2) is 38.5 Å². The molecule has 1 heterocycles. The van der Waals surface area contributed by atoms with Crippen LogP contribution >= 0.6 is 11.8 Å². The number of rotatable bonds is 6. The van der Waals surface area contributed by atoms with Crippen LogP contribution in [0.1, 0.15) is 76.1 Å². The highest BCUT2D eigenvalue weighted by atomic mass is 32.2. The molecule has 0 saturated heterocycles. The fourth-order valence-electron chi connectivity index (χ4n) is 3.71. The third-order valence-corrected chi connectivity index (χ3v) is 6.50. The average molecular weight is 378 g/mol. The molecule has 0 unspecified atom stereocenters. The molecule has 2 N–H and O–H groups in total. The standard InChI is InChI=1S/C18H27N5O2S/c1-11-4-2-3-5-14(11)19-17(25)20-15(24)10-26-18-22-21-16(12-6-7-12)23(18)13-8-9-13/h11-14H,2-10H2,1H3,(H2,19,20,24,25)/t11-,14-/m0/s1. The number of nitrogens with zero attached hydrogens (tertiary/aromatic N) is 3. The summed E-state index contributed by atoms with van der Waals surface area (Å²) < 4.78 is 2.22. The van der Waals surface area contributed by atoms with Gasteiger partial charge in [-0.15, -0.1) is 10.2 Å². The Labute approximate surface area is 158 Å². The third kappa shape index (κ3) is 4.22. The maximum atomic E-state index is 12.1. The van der Waals surface area contributed by atoms with E-state index in [-0.39, 0.29) is 23.7 Å². The summed E-state index contributed by atoms with van der Waals surface area (Å²) in [6.07, 6.45) is 9.20. The number of imide groups is 1. The van der Waals surface area contributed by atoms with Gasteiger partial charge in [0.05, 0.1) is 5.75 Å². The number of carbonyl (C=O) groups is 2. The van der Waals surface area contributed by atoms with Gasteiger partial charge in [0.2, 0.25) is 5.91 Å². The molecule has 0 radical (unpaired) electrons. The molecule has 142 valence electrons. The van der Waals surface area contributed by atoms with E-state index in [1.807, 2.05) is 0 Å². The fraction of sp³-hybridized carbons (Fsp3) is 0.778. The molecule has 8 heteroatoms. The first kappa shape index (κ1) is 17.8. The van der Waals surface area contributed by atoms with E-state index in [1.165, 1.54) is 43.9 Å². The topological polar surface area (TPSA) is 88.9 Å². The fourth-order valence-corrected chi connectivity index (χ4v) is 4.52. The van der Waals surface area contributed by atoms with Crippen LogP contribution in [0.3, 0.4) is 0 Å². The quantitative estimate of drug-likeness (QED) is 0.744. The lowest BCUT2D eigenvalue weighted by molar-refractivity contribution is -0.117. The number of aromatic nitrogens is 3. The summed E-state index contributed by atoms with van der Waals surface area (Å²) in [5, 5.41) is 14.9. The molecule has 1 aromatic heterocycles. The van der Waals surface area contributed by atoms with Crippen molar-refractivity contribution in [3.05, 3.63) is 5.82 Å². The van der Waals surface area contributed by atoms with E-state index in [2.05, 4.69) is 32.3 Å². The van der Waals surface area contributed by atoms with Crippen molar-refractivity contribution >= 4 is 23.7 Å². The molecule has 0 aliphatic heterocycles. The van der Waals surface area contributed by atoms with Crippen molar-refractivity contribution in [3.8, 4) is 0 Å². The molecule has 0 aromatic carbocycles. The van der Waals surface area contributed by atoms with Crippen molar-refractivity contribution in [2.75, 3.05) is 5.75 Å². The summed E-state index contributed by atoms with van der Waals surface area (Å²) in [7, 11) is 0. The van der Waals surface area contributed by atoms with Crippen LogP contribution in [0.25, 0.3) is 0 Å². The van der Waals surface area contributed by atoms with Crippen LogP contribution in [0.5, 0.6) is 0 Å². The predicted octanol–water partition coefficient (Wildman–Crippen LogP) is 2.99. The Hall–Kier alpha value is -1.57. The highest BCUT2D eigenvalue weighted by molar-refractivity contribution is 7.99. The molecule has 0 spiro atoms. The SMILES string of the molecule is C[C@H]1CCCC[C@@H]1NC(=O)NC(=O)CSc1nnc(C2CC2)n1C1CC1. The molecule has 7 nitrogen and oxygen atoms in total. The monoisotopic (exact) mass is 377 g/mol. The van der Waals surface area contributed by atoms with E-state index in [1.54, 1.807) is 0 Å². The highest BCUT2D eigenvalue weighted by Gasteiger charge is 2.36. The van der Waals surface area contributed by atoms with Gasteiger partial charge >= 0.3 is 6.03 Å². The molecule has 1 aromatic rings. The first-order chi connectivity index (χ1) is 12.6. The van der Waals surface area contributed by atoms with Gasteiger partial charge in [0.25, 0.3) is 0 Å². The maximum Gasteiger partial charge on any atom is 0.321 e. The summed E-state index contributed by atoms with van der Waals surface area (Å²) in [6.45, 7) is 2.16. The number of nitrogens with one attached hydrogen (secondary N) is 2. The lowest BCUT2D eigenvalue weighted by Crippen LogP contribution is -2.48. The van der Waals surface area contributed by atoms with Crippen molar-refractivity contribution < 1.29 is 9.59 Å². The van der Waals surface area contributed by atoms with Gasteiger partial charge in [-0.05, 0) is 44.4 Å². The summed E-state index contributed by atoms with van der Waals surface area (Å²) in [6, 6.07) is 0.294. The number of urea groups is 1. The van der Waals surface area contributed by atoms with Crippen LogP contribution < -0.4 is 10.6 Å². The number of hydrogen-bond acceptors (Lipinski definition) is 5. The van der Waals surface area contributed by atoms with E-state index < -0.39 is 0 Å². The molecule has 3 fully saturated rings. The van der Waals surface area contributed by atoms with Crippen LogP contribution in [-0.2, 0) is 4.79 Å². The average Bonchev–Trinajstić information content (AvgIpc) is 3.54. The van der Waals surface area contributed by atoms with Gasteiger partial charge in [-0.3, -0.25) is 10.1 Å². The predicted molar refractivity (Wildman–Crippen MR) is 99.1 cm³/mol. The van der Waals surface area contributed by atoms with Crippen molar-refractivity contribution in [1.82, 2.24) is 25.4 Å². The molecular weight excluding hydrogens is 350 g/mol. The first-order valence-electron chi connectivity index (χ1n) is 9.79. The highest BCUT2D eigenvalue weighted by Crippen LogP contribution is 2.45. The van der Waals surface area contributed by atoms with Crippen molar-refractivity contribution in [2.45, 2.75) is 81.4 Å². The summed E-state index contributed by atoms with van der Waals surface area (Å²) in [5.74, 6) is 2.00. The lowest BCUT2D eigenvalue weighted by atomic mass is 9.86. The normalized spacial score (nSPS) is 25.7. The number of hydrogen-bond donors (Lipinski definition) is 2. The lowest BCUT2D eigenvalue weighted by Gasteiger charge is -2.29. The summed E-state index contributed by atoms with van der Waals surface area (Å²) in [4.78, 5) is 24.2. The summed E-state index contributed by atoms with van der Waals surface area (Å²) >= 11 is 1.38. The van der Waals surface area contributed by atoms with E-state index in [0.717, 1.165) is 30.2 Å². The zero-order valence-corrected chi connectivity index (χ0v) is 16.1. The Morgan fingerprint density at radius 3 is 2.58 bits per heavy atom. The minimum Gasteiger partial charge on any atom is -0.335 e. The van der Waals surface area contributed by atoms with Crippen LogP contribution in [0.2, 0.25) is 0 Å². The Morgan fingerprint density at radius 2 is 1.88 bits per heavy atom. The largest absolute Gasteiger partial charge is 0.335 e. The number of amides is 3. The van der Waals surface area contributed by atoms with Gasteiger partial charge < -0.3 is 9.88 Å². The number of carbonyl (C=O) groups excluding carboxylic acids is 2. The molecular formula is C18H27N5O2S. The Kier molecular flexibility index (Phi) is 5.20. The van der Waals surface area contributed by atoms with Crippen molar-refractivity contribution in [3.63, 3.8) is 0 Å². The second kappa shape index (κ2) is 7.58. The minimum atomic E-state index is -0.378. The van der Waals surface area contributed by atoms with Crippen LogP contribution in [0.15, 0.2) is 5.16 Å². The number of thioether (sulfide) groups is 1. The van der Waals surface area contributed by atoms with E-state index >= 15 is 0 Å². The molecule has 3 amide bonds. The molecule has 4 rings (SSSR count). The van der Waals surface area contributed by atoms with Gasteiger partial charge in [0.1, 0.15) is 5.82 Å². The Morgan fingerprint density at radius 1 is 1.12 bits per heavy atom. The second-order valence-electron chi connectivity index (χ2n) is 7.89. The zero-order valence-electron chi connectivity index (χ0n) is 15.2. The smallest absolute Gasteiger partial charge is 0.321 e. The molecule has 0 bridgehead atoms. The van der Waals surface area contributed by atoms with Gasteiger partial charge in [0.15, 0.2) is 5.16 Å².